The maximum absolute atomic E-state index is 11.8. The third kappa shape index (κ3) is 2.95. The highest BCUT2D eigenvalue weighted by Crippen LogP contribution is 2.25. The lowest BCUT2D eigenvalue weighted by molar-refractivity contribution is 0.0949. The molecule has 0 spiro atoms. The van der Waals surface area contributed by atoms with Crippen molar-refractivity contribution >= 4 is 23.5 Å². The molecule has 2 radical (unpaired) electrons. The fourth-order valence-corrected chi connectivity index (χ4v) is 1.86. The van der Waals surface area contributed by atoms with E-state index in [4.69, 9.17) is 7.85 Å². The third-order valence-corrected chi connectivity index (χ3v) is 3.26. The quantitative estimate of drug-likeness (QED) is 0.592. The van der Waals surface area contributed by atoms with E-state index in [1.807, 2.05) is 0 Å². The molecule has 0 aliphatic carbocycles. The van der Waals surface area contributed by atoms with E-state index in [0.29, 0.717) is 5.56 Å². The highest BCUT2D eigenvalue weighted by Gasteiger charge is 2.22. The van der Waals surface area contributed by atoms with Gasteiger partial charge in [-0.2, -0.15) is 0 Å². The average Bonchev–Trinajstić information content (AvgIpc) is 2.14. The van der Waals surface area contributed by atoms with Crippen molar-refractivity contribution in [1.82, 2.24) is 0 Å². The lowest BCUT2D eigenvalue weighted by atomic mass is 9.67. The Morgan fingerprint density at radius 1 is 1.19 bits per heavy atom. The van der Waals surface area contributed by atoms with Gasteiger partial charge in [0.1, 0.15) is 0 Å². The first kappa shape index (κ1) is 13.0. The zero-order valence-corrected chi connectivity index (χ0v) is 10.3. The van der Waals surface area contributed by atoms with E-state index in [9.17, 15) is 13.2 Å². The molecule has 0 saturated carbocycles. The van der Waals surface area contributed by atoms with Crippen molar-refractivity contribution in [1.29, 1.82) is 0 Å². The molecule has 0 aliphatic rings. The molecule has 3 nitrogen and oxygen atoms in total. The highest BCUT2D eigenvalue weighted by atomic mass is 32.2. The predicted molar refractivity (Wildman–Crippen MR) is 63.7 cm³/mol. The van der Waals surface area contributed by atoms with E-state index in [1.165, 1.54) is 24.3 Å². The predicted octanol–water partition coefficient (Wildman–Crippen LogP) is 1.64. The van der Waals surface area contributed by atoms with Crippen LogP contribution in [-0.2, 0) is 9.84 Å². The molecule has 0 heterocycles. The first-order valence-electron chi connectivity index (χ1n) is 4.76. The Labute approximate surface area is 97.2 Å². The van der Waals surface area contributed by atoms with E-state index in [2.05, 4.69) is 0 Å². The monoisotopic (exact) mass is 236 g/mol. The molecule has 0 unspecified atom stereocenters. The van der Waals surface area contributed by atoms with Crippen molar-refractivity contribution in [2.24, 2.45) is 0 Å². The lowest BCUT2D eigenvalue weighted by Gasteiger charge is -2.16. The molecule has 0 amide bonds. The zero-order chi connectivity index (χ0) is 12.6. The average molecular weight is 236 g/mol. The number of carbonyl (C=O) groups is 1. The lowest BCUT2D eigenvalue weighted by Crippen LogP contribution is -2.17. The third-order valence-electron chi connectivity index (χ3n) is 2.13. The molecule has 0 N–H and O–H groups in total. The van der Waals surface area contributed by atoms with Gasteiger partial charge in [-0.05, 0) is 17.4 Å². The molecule has 1 rings (SSSR count). The molecular formula is C11H13BO3S. The summed E-state index contributed by atoms with van der Waals surface area (Å²) in [5, 5.41) is -0.952. The number of sulfone groups is 1. The van der Waals surface area contributed by atoms with Crippen LogP contribution >= 0.6 is 0 Å². The van der Waals surface area contributed by atoms with Crippen LogP contribution in [-0.4, -0.2) is 28.3 Å². The summed E-state index contributed by atoms with van der Waals surface area (Å²) in [4.78, 5) is 11.9. The van der Waals surface area contributed by atoms with Gasteiger partial charge in [0.05, 0.1) is 12.7 Å². The van der Waals surface area contributed by atoms with Gasteiger partial charge in [-0.1, -0.05) is 26.0 Å². The first-order valence-corrected chi connectivity index (χ1v) is 6.65. The fourth-order valence-electron chi connectivity index (χ4n) is 1.23. The summed E-state index contributed by atoms with van der Waals surface area (Å²) in [6.07, 6.45) is 1.12. The summed E-state index contributed by atoms with van der Waals surface area (Å²) < 4.78 is 22.4. The van der Waals surface area contributed by atoms with Crippen molar-refractivity contribution < 1.29 is 13.2 Å². The van der Waals surface area contributed by atoms with Crippen molar-refractivity contribution in [3.63, 3.8) is 0 Å². The molecule has 16 heavy (non-hydrogen) atoms. The van der Waals surface area contributed by atoms with Crippen LogP contribution in [0.4, 0.5) is 0 Å². The number of Topliss-reactive ketones (excluding diaryl/α,β-unsaturated/α-hetero) is 1. The Kier molecular flexibility index (Phi) is 3.29. The molecule has 1 aromatic rings. The van der Waals surface area contributed by atoms with Gasteiger partial charge in [0, 0.05) is 11.8 Å². The van der Waals surface area contributed by atoms with Gasteiger partial charge in [0.2, 0.25) is 0 Å². The molecule has 0 saturated heterocycles. The summed E-state index contributed by atoms with van der Waals surface area (Å²) in [5.74, 6) is -0.215. The van der Waals surface area contributed by atoms with Gasteiger partial charge < -0.3 is 0 Å². The fraction of sp³-hybridized carbons (Fsp3) is 0.364. The summed E-state index contributed by atoms with van der Waals surface area (Å²) in [6.45, 7) is 3.22. The normalized spacial score (nSPS) is 12.4. The van der Waals surface area contributed by atoms with Gasteiger partial charge in [-0.3, -0.25) is 4.79 Å². The molecule has 0 aliphatic heterocycles. The van der Waals surface area contributed by atoms with Crippen LogP contribution in [0.2, 0.25) is 5.31 Å². The van der Waals surface area contributed by atoms with E-state index < -0.39 is 15.2 Å². The zero-order valence-electron chi connectivity index (χ0n) is 9.52. The second-order valence-electron chi connectivity index (χ2n) is 4.35. The van der Waals surface area contributed by atoms with Crippen LogP contribution in [0.5, 0.6) is 0 Å². The molecule has 0 fully saturated rings. The number of ketones is 1. The summed E-state index contributed by atoms with van der Waals surface area (Å²) >= 11 is 0. The largest absolute Gasteiger partial charge is 0.294 e. The van der Waals surface area contributed by atoms with Crippen LogP contribution in [0.1, 0.15) is 24.2 Å². The molecule has 5 heteroatoms. The number of rotatable bonds is 3. The molecular weight excluding hydrogens is 223 g/mol. The van der Waals surface area contributed by atoms with Crippen LogP contribution in [0.15, 0.2) is 29.2 Å². The smallest absolute Gasteiger partial charge is 0.175 e. The topological polar surface area (TPSA) is 51.2 Å². The van der Waals surface area contributed by atoms with Crippen molar-refractivity contribution in [2.45, 2.75) is 24.1 Å². The van der Waals surface area contributed by atoms with Crippen LogP contribution in [0.3, 0.4) is 0 Å². The van der Waals surface area contributed by atoms with Crippen LogP contribution < -0.4 is 0 Å². The second kappa shape index (κ2) is 4.05. The molecule has 0 aromatic heterocycles. The van der Waals surface area contributed by atoms with Crippen LogP contribution in [0, 0.1) is 0 Å². The van der Waals surface area contributed by atoms with Crippen molar-refractivity contribution in [3.05, 3.63) is 29.8 Å². The Balaban J connectivity index is 3.10. The van der Waals surface area contributed by atoms with E-state index in [1.54, 1.807) is 13.8 Å². The minimum atomic E-state index is -3.22. The molecule has 0 bridgehead atoms. The Hall–Kier alpha value is -1.10. The molecule has 84 valence electrons. The minimum absolute atomic E-state index is 0.193. The Morgan fingerprint density at radius 2 is 1.62 bits per heavy atom. The number of hydrogen-bond donors (Lipinski definition) is 0. The van der Waals surface area contributed by atoms with E-state index >= 15 is 0 Å². The summed E-state index contributed by atoms with van der Waals surface area (Å²) in [6, 6.07) is 5.78. The number of benzene rings is 1. The van der Waals surface area contributed by atoms with Crippen molar-refractivity contribution in [3.8, 4) is 0 Å². The van der Waals surface area contributed by atoms with Gasteiger partial charge >= 0.3 is 0 Å². The van der Waals surface area contributed by atoms with E-state index in [-0.39, 0.29) is 10.7 Å². The summed E-state index contributed by atoms with van der Waals surface area (Å²) in [7, 11) is 2.44. The van der Waals surface area contributed by atoms with Gasteiger partial charge in [-0.25, -0.2) is 8.42 Å². The van der Waals surface area contributed by atoms with E-state index in [0.717, 1.165) is 6.26 Å². The SMILES string of the molecule is [B]C(C)(C)C(=O)c1ccc(S(C)(=O)=O)cc1. The molecule has 1 aromatic carbocycles. The Bertz CT molecular complexity index is 495. The highest BCUT2D eigenvalue weighted by molar-refractivity contribution is 7.90. The van der Waals surface area contributed by atoms with Crippen LogP contribution in [0.25, 0.3) is 0 Å². The Morgan fingerprint density at radius 3 is 1.94 bits per heavy atom. The minimum Gasteiger partial charge on any atom is -0.294 e. The number of carbonyl (C=O) groups excluding carboxylic acids is 1. The maximum atomic E-state index is 11.8. The number of hydrogen-bond acceptors (Lipinski definition) is 3. The molecule has 0 atom stereocenters. The first-order chi connectivity index (χ1) is 7.12. The standard InChI is InChI=1S/C11H13BO3S/c1-11(2,12)10(13)8-4-6-9(7-5-8)16(3,14)15/h4-7H,1-3H3. The maximum Gasteiger partial charge on any atom is 0.175 e. The van der Waals surface area contributed by atoms with Gasteiger partial charge in [0.15, 0.2) is 15.6 Å². The summed E-state index contributed by atoms with van der Waals surface area (Å²) in [5.41, 5.74) is 0.417. The second-order valence-corrected chi connectivity index (χ2v) is 6.36. The van der Waals surface area contributed by atoms with Crippen molar-refractivity contribution in [2.75, 3.05) is 6.26 Å². The van der Waals surface area contributed by atoms with Gasteiger partial charge in [0.25, 0.3) is 0 Å². The van der Waals surface area contributed by atoms with Gasteiger partial charge in [-0.15, -0.1) is 0 Å².